The molecule has 12 nitrogen and oxygen atoms in total. The van der Waals surface area contributed by atoms with Gasteiger partial charge in [-0.15, -0.1) is 10.2 Å². The molecule has 0 aliphatic rings. The average molecular weight is 535 g/mol. The predicted octanol–water partition coefficient (Wildman–Crippen LogP) is 3.40. The molecule has 1 atom stereocenters. The largest absolute Gasteiger partial charge is 0.481 e. The maximum absolute atomic E-state index is 14.8. The van der Waals surface area contributed by atoms with Crippen LogP contribution in [0.2, 0.25) is 0 Å². The van der Waals surface area contributed by atoms with Crippen LogP contribution >= 0.6 is 0 Å². The van der Waals surface area contributed by atoms with Crippen molar-refractivity contribution in [1.29, 1.82) is 0 Å². The second-order valence-corrected chi connectivity index (χ2v) is 9.92. The molecule has 2 heterocycles. The van der Waals surface area contributed by atoms with Gasteiger partial charge in [0.15, 0.2) is 5.82 Å². The number of aliphatic hydroxyl groups is 1. The Bertz CT molecular complexity index is 1320. The number of nitrogens with zero attached hydrogens (tertiary/aromatic N) is 5. The van der Waals surface area contributed by atoms with Crippen LogP contribution in [-0.4, -0.2) is 59.1 Å². The zero-order chi connectivity index (χ0) is 28.3. The molecule has 204 valence electrons. The van der Waals surface area contributed by atoms with Crippen molar-refractivity contribution in [3.05, 3.63) is 47.7 Å². The molecule has 0 spiro atoms. The minimum atomic E-state index is -1.30. The molecular formula is C24H28F2N6O6. The van der Waals surface area contributed by atoms with Crippen molar-refractivity contribution in [1.82, 2.24) is 30.5 Å². The van der Waals surface area contributed by atoms with E-state index in [-0.39, 0.29) is 29.2 Å². The number of pyridine rings is 1. The van der Waals surface area contributed by atoms with E-state index < -0.39 is 53.2 Å². The van der Waals surface area contributed by atoms with Crippen LogP contribution < -0.4 is 10.1 Å². The average Bonchev–Trinajstić information content (AvgIpc) is 3.20. The van der Waals surface area contributed by atoms with E-state index in [1.54, 1.807) is 20.8 Å². The number of carboxylic acid groups (broad SMARTS) is 1. The van der Waals surface area contributed by atoms with Gasteiger partial charge in [0.2, 0.25) is 5.82 Å². The third-order valence-electron chi connectivity index (χ3n) is 4.89. The fourth-order valence-corrected chi connectivity index (χ4v) is 3.16. The van der Waals surface area contributed by atoms with Crippen LogP contribution in [0.25, 0.3) is 11.4 Å². The van der Waals surface area contributed by atoms with Crippen molar-refractivity contribution >= 4 is 12.1 Å². The summed E-state index contributed by atoms with van der Waals surface area (Å²) in [4.78, 5) is 28.2. The normalized spacial score (nSPS) is 12.6. The number of hydrogen-bond acceptors (Lipinski definition) is 9. The van der Waals surface area contributed by atoms with Gasteiger partial charge >= 0.3 is 12.1 Å². The second kappa shape index (κ2) is 11.0. The van der Waals surface area contributed by atoms with Crippen LogP contribution in [0.4, 0.5) is 13.6 Å². The number of aromatic nitrogens is 5. The summed E-state index contributed by atoms with van der Waals surface area (Å²) >= 11 is 0. The topological polar surface area (TPSA) is 162 Å². The summed E-state index contributed by atoms with van der Waals surface area (Å²) < 4.78 is 39.7. The maximum Gasteiger partial charge on any atom is 0.407 e. The molecule has 3 aromatic rings. The van der Waals surface area contributed by atoms with Gasteiger partial charge in [-0.25, -0.2) is 18.6 Å². The number of carboxylic acids is 1. The molecular weight excluding hydrogens is 506 g/mol. The van der Waals surface area contributed by atoms with Gasteiger partial charge < -0.3 is 25.0 Å². The highest BCUT2D eigenvalue weighted by Gasteiger charge is 2.23. The van der Waals surface area contributed by atoms with Gasteiger partial charge in [0.1, 0.15) is 17.2 Å². The zero-order valence-electron chi connectivity index (χ0n) is 21.4. The summed E-state index contributed by atoms with van der Waals surface area (Å²) in [6, 6.07) is 3.77. The molecule has 1 unspecified atom stereocenters. The van der Waals surface area contributed by atoms with Gasteiger partial charge in [-0.05, 0) is 58.0 Å². The summed E-state index contributed by atoms with van der Waals surface area (Å²) in [5.41, 5.74) is -1.90. The molecule has 0 bridgehead atoms. The Morgan fingerprint density at radius 3 is 2.42 bits per heavy atom. The Morgan fingerprint density at radius 2 is 1.84 bits per heavy atom. The van der Waals surface area contributed by atoms with Gasteiger partial charge in [0.05, 0.1) is 30.2 Å². The lowest BCUT2D eigenvalue weighted by Crippen LogP contribution is -2.42. The van der Waals surface area contributed by atoms with Crippen LogP contribution in [0.3, 0.4) is 0 Å². The van der Waals surface area contributed by atoms with Crippen LogP contribution in [0.15, 0.2) is 30.5 Å². The highest BCUT2D eigenvalue weighted by Crippen LogP contribution is 2.29. The van der Waals surface area contributed by atoms with Crippen LogP contribution in [0.5, 0.6) is 11.6 Å². The van der Waals surface area contributed by atoms with Crippen molar-refractivity contribution in [2.24, 2.45) is 0 Å². The van der Waals surface area contributed by atoms with Gasteiger partial charge in [-0.1, -0.05) is 0 Å². The number of aliphatic carboxylic acids is 1. The van der Waals surface area contributed by atoms with Crippen LogP contribution in [-0.2, 0) is 21.7 Å². The first-order chi connectivity index (χ1) is 17.6. The number of alkyl carbamates (subject to hydrolysis) is 1. The summed E-state index contributed by atoms with van der Waals surface area (Å²) in [5.74, 6) is -3.38. The third-order valence-corrected chi connectivity index (χ3v) is 4.89. The van der Waals surface area contributed by atoms with Gasteiger partial charge in [-0.2, -0.15) is 4.80 Å². The van der Waals surface area contributed by atoms with E-state index in [0.29, 0.717) is 0 Å². The molecule has 1 aromatic carbocycles. The molecule has 0 radical (unpaired) electrons. The summed E-state index contributed by atoms with van der Waals surface area (Å²) in [7, 11) is 0. The minimum Gasteiger partial charge on any atom is -0.481 e. The lowest BCUT2D eigenvalue weighted by atomic mass is 10.0. The Hall–Kier alpha value is -4.20. The maximum atomic E-state index is 14.8. The van der Waals surface area contributed by atoms with E-state index in [1.165, 1.54) is 32.2 Å². The highest BCUT2D eigenvalue weighted by atomic mass is 19.1. The van der Waals surface area contributed by atoms with E-state index in [9.17, 15) is 23.5 Å². The number of ether oxygens (including phenoxy) is 2. The number of halogens is 2. The fraction of sp³-hybridized carbons (Fsp3) is 0.417. The highest BCUT2D eigenvalue weighted by molar-refractivity contribution is 5.71. The van der Waals surface area contributed by atoms with E-state index in [1.807, 2.05) is 0 Å². The van der Waals surface area contributed by atoms with Crippen LogP contribution in [0.1, 0.15) is 46.6 Å². The quantitative estimate of drug-likeness (QED) is 0.371. The molecule has 0 aliphatic heterocycles. The van der Waals surface area contributed by atoms with E-state index in [0.717, 1.165) is 16.9 Å². The number of nitrogens with one attached hydrogen (secondary N) is 1. The van der Waals surface area contributed by atoms with E-state index in [2.05, 4.69) is 25.7 Å². The van der Waals surface area contributed by atoms with Gasteiger partial charge in [0, 0.05) is 17.8 Å². The van der Waals surface area contributed by atoms with Crippen molar-refractivity contribution < 1.29 is 38.1 Å². The Balaban J connectivity index is 1.73. The number of benzene rings is 1. The SMILES string of the molecule is CC(C)(C)OC(=O)NC(CC(=O)O)Cn1nnc(-c2ccc(Oc3ncc(C(C)(C)O)cc3F)cc2F)n1. The lowest BCUT2D eigenvalue weighted by molar-refractivity contribution is -0.137. The molecule has 1 amide bonds. The smallest absolute Gasteiger partial charge is 0.407 e. The number of tetrazole rings is 1. The first-order valence-electron chi connectivity index (χ1n) is 11.5. The summed E-state index contributed by atoms with van der Waals surface area (Å²) in [6.07, 6.45) is -0.00943. The minimum absolute atomic E-state index is 0.0516. The predicted molar refractivity (Wildman–Crippen MR) is 128 cm³/mol. The first kappa shape index (κ1) is 28.4. The molecule has 2 aromatic heterocycles. The second-order valence-electron chi connectivity index (χ2n) is 9.92. The molecule has 0 saturated carbocycles. The standard InChI is InChI=1S/C24H28F2N6O6/c1-23(2,3)38-22(35)28-14(9-19(33)34)12-32-30-20(29-31-32)16-7-6-15(10-17(16)25)37-21-18(26)8-13(11-27-21)24(4,5)36/h6-8,10-11,14,36H,9,12H2,1-5H3,(H,28,35)(H,33,34). The van der Waals surface area contributed by atoms with Gasteiger partial charge in [-0.3, -0.25) is 4.79 Å². The number of rotatable bonds is 9. The molecule has 3 N–H and O–H groups in total. The van der Waals surface area contributed by atoms with E-state index >= 15 is 0 Å². The lowest BCUT2D eigenvalue weighted by Gasteiger charge is -2.22. The Kier molecular flexibility index (Phi) is 8.25. The summed E-state index contributed by atoms with van der Waals surface area (Å²) in [5, 5.41) is 33.2. The molecule has 0 saturated heterocycles. The molecule has 3 rings (SSSR count). The van der Waals surface area contributed by atoms with Crippen molar-refractivity contribution in [2.75, 3.05) is 0 Å². The molecule has 0 fully saturated rings. The Morgan fingerprint density at radius 1 is 1.13 bits per heavy atom. The van der Waals surface area contributed by atoms with Gasteiger partial charge in [0.25, 0.3) is 5.88 Å². The van der Waals surface area contributed by atoms with Crippen molar-refractivity contribution in [3.8, 4) is 23.0 Å². The number of carbonyl (C=O) groups excluding carboxylic acids is 1. The van der Waals surface area contributed by atoms with E-state index in [4.69, 9.17) is 14.6 Å². The van der Waals surface area contributed by atoms with Crippen molar-refractivity contribution in [3.63, 3.8) is 0 Å². The molecule has 38 heavy (non-hydrogen) atoms. The molecule has 0 aliphatic carbocycles. The third kappa shape index (κ3) is 7.90. The monoisotopic (exact) mass is 534 g/mol. The molecule has 14 heteroatoms. The Labute approximate surface area is 216 Å². The zero-order valence-corrected chi connectivity index (χ0v) is 21.4. The number of carbonyl (C=O) groups is 2. The first-order valence-corrected chi connectivity index (χ1v) is 11.5. The summed E-state index contributed by atoms with van der Waals surface area (Å²) in [6.45, 7) is 7.77. The van der Waals surface area contributed by atoms with Crippen LogP contribution in [0, 0.1) is 11.6 Å². The van der Waals surface area contributed by atoms with Crippen molar-refractivity contribution in [2.45, 2.75) is 64.8 Å². The number of amides is 1. The number of hydrogen-bond donors (Lipinski definition) is 3. The fourth-order valence-electron chi connectivity index (χ4n) is 3.16.